The molecule has 2 aromatic rings. The first-order valence-corrected chi connectivity index (χ1v) is 6.04. The third-order valence-corrected chi connectivity index (χ3v) is 3.36. The Balaban J connectivity index is 2.01. The van der Waals surface area contributed by atoms with Crippen molar-refractivity contribution in [1.29, 1.82) is 0 Å². The number of hydrogen-bond donors (Lipinski definition) is 2. The average molecular weight is 259 g/mol. The van der Waals surface area contributed by atoms with Gasteiger partial charge in [0.2, 0.25) is 0 Å². The number of nitrogens with one attached hydrogen (secondary N) is 1. The summed E-state index contributed by atoms with van der Waals surface area (Å²) in [6.45, 7) is 1.24. The zero-order valence-corrected chi connectivity index (χ0v) is 10.3. The molecule has 0 spiro atoms. The molecule has 1 aliphatic rings. The topological polar surface area (TPSA) is 60.2 Å². The van der Waals surface area contributed by atoms with Gasteiger partial charge in [0.15, 0.2) is 0 Å². The molecule has 98 valence electrons. The summed E-state index contributed by atoms with van der Waals surface area (Å²) in [5.74, 6) is 5.21. The number of nitrogens with zero attached hydrogens (tertiary/aromatic N) is 1. The summed E-state index contributed by atoms with van der Waals surface area (Å²) in [6, 6.07) is 7.18. The highest BCUT2D eigenvalue weighted by atomic mass is 19.1. The molecule has 0 saturated carbocycles. The van der Waals surface area contributed by atoms with Crippen LogP contribution in [0.1, 0.15) is 28.3 Å². The first kappa shape index (κ1) is 12.2. The molecule has 0 bridgehead atoms. The maximum absolute atomic E-state index is 13.8. The number of fused-ring (bicyclic) bond motifs is 1. The van der Waals surface area contributed by atoms with Gasteiger partial charge in [0.25, 0.3) is 0 Å². The molecule has 0 radical (unpaired) electrons. The van der Waals surface area contributed by atoms with Gasteiger partial charge in [-0.25, -0.2) is 9.82 Å². The molecule has 3 rings (SSSR count). The van der Waals surface area contributed by atoms with Crippen molar-refractivity contribution in [3.63, 3.8) is 0 Å². The Bertz CT molecular complexity index is 603. The quantitative estimate of drug-likeness (QED) is 0.652. The van der Waals surface area contributed by atoms with Crippen molar-refractivity contribution in [2.24, 2.45) is 5.84 Å². The highest BCUT2D eigenvalue weighted by Crippen LogP contribution is 2.28. The van der Waals surface area contributed by atoms with Crippen molar-refractivity contribution < 1.29 is 9.13 Å². The number of pyridine rings is 1. The normalized spacial score (nSPS) is 15.3. The lowest BCUT2D eigenvalue weighted by Crippen LogP contribution is -2.29. The lowest BCUT2D eigenvalue weighted by molar-refractivity contribution is 0.134. The molecule has 1 aliphatic heterocycles. The largest absolute Gasteiger partial charge is 0.372 e. The Morgan fingerprint density at radius 2 is 2.11 bits per heavy atom. The van der Waals surface area contributed by atoms with Gasteiger partial charge < -0.3 is 4.74 Å². The Morgan fingerprint density at radius 1 is 1.26 bits per heavy atom. The molecular weight excluding hydrogens is 245 g/mol. The fraction of sp³-hybridized carbons (Fsp3) is 0.214. The molecule has 1 aromatic carbocycles. The SMILES string of the molecule is NNC(c1ccc2c(c1)COC2)c1ccncc1F. The van der Waals surface area contributed by atoms with Crippen molar-refractivity contribution in [3.05, 3.63) is 64.7 Å². The van der Waals surface area contributed by atoms with Gasteiger partial charge >= 0.3 is 0 Å². The second kappa shape index (κ2) is 5.05. The van der Waals surface area contributed by atoms with Gasteiger partial charge in [-0.2, -0.15) is 0 Å². The third-order valence-electron chi connectivity index (χ3n) is 3.36. The first-order chi connectivity index (χ1) is 9.29. The number of hydrazine groups is 1. The number of aromatic nitrogens is 1. The van der Waals surface area contributed by atoms with Crippen molar-refractivity contribution in [3.8, 4) is 0 Å². The van der Waals surface area contributed by atoms with E-state index in [4.69, 9.17) is 10.6 Å². The van der Waals surface area contributed by atoms with E-state index in [-0.39, 0.29) is 5.82 Å². The monoisotopic (exact) mass is 259 g/mol. The smallest absolute Gasteiger partial charge is 0.146 e. The fourth-order valence-corrected chi connectivity index (χ4v) is 2.36. The van der Waals surface area contributed by atoms with Crippen LogP contribution in [0.15, 0.2) is 36.7 Å². The van der Waals surface area contributed by atoms with Crippen molar-refractivity contribution >= 4 is 0 Å². The molecule has 5 heteroatoms. The molecule has 3 N–H and O–H groups in total. The summed E-state index contributed by atoms with van der Waals surface area (Å²) >= 11 is 0. The minimum atomic E-state index is -0.395. The minimum absolute atomic E-state index is 0.373. The number of rotatable bonds is 3. The van der Waals surface area contributed by atoms with Crippen molar-refractivity contribution in [1.82, 2.24) is 10.4 Å². The molecule has 0 amide bonds. The van der Waals surface area contributed by atoms with Gasteiger partial charge in [-0.1, -0.05) is 18.2 Å². The van der Waals surface area contributed by atoms with Crippen LogP contribution in [0, 0.1) is 5.82 Å². The Morgan fingerprint density at radius 3 is 2.89 bits per heavy atom. The van der Waals surface area contributed by atoms with Crippen LogP contribution in [-0.2, 0) is 18.0 Å². The highest BCUT2D eigenvalue weighted by Gasteiger charge is 2.19. The molecule has 19 heavy (non-hydrogen) atoms. The summed E-state index contributed by atoms with van der Waals surface area (Å²) in [6.07, 6.45) is 2.75. The molecule has 1 unspecified atom stereocenters. The lowest BCUT2D eigenvalue weighted by Gasteiger charge is -2.18. The number of nitrogens with two attached hydrogens (primary N) is 1. The lowest BCUT2D eigenvalue weighted by atomic mass is 9.96. The van der Waals surface area contributed by atoms with E-state index in [1.165, 1.54) is 11.8 Å². The Labute approximate surface area is 110 Å². The summed E-state index contributed by atoms with van der Waals surface area (Å²) < 4.78 is 19.2. The summed E-state index contributed by atoms with van der Waals surface area (Å²) in [5, 5.41) is 0. The number of ether oxygens (including phenoxy) is 1. The fourth-order valence-electron chi connectivity index (χ4n) is 2.36. The molecule has 1 aromatic heterocycles. The van der Waals surface area contributed by atoms with E-state index in [1.54, 1.807) is 12.3 Å². The second-order valence-electron chi connectivity index (χ2n) is 4.52. The molecular formula is C14H14FN3O. The molecule has 0 aliphatic carbocycles. The minimum Gasteiger partial charge on any atom is -0.372 e. The van der Waals surface area contributed by atoms with Gasteiger partial charge in [-0.3, -0.25) is 10.8 Å². The van der Waals surface area contributed by atoms with Crippen LogP contribution < -0.4 is 11.3 Å². The van der Waals surface area contributed by atoms with E-state index in [2.05, 4.69) is 10.4 Å². The third kappa shape index (κ3) is 2.23. The maximum Gasteiger partial charge on any atom is 0.146 e. The van der Waals surface area contributed by atoms with Gasteiger partial charge in [0, 0.05) is 11.8 Å². The number of benzene rings is 1. The van der Waals surface area contributed by atoms with Crippen LogP contribution >= 0.6 is 0 Å². The van der Waals surface area contributed by atoms with Crippen LogP contribution in [0.2, 0.25) is 0 Å². The van der Waals surface area contributed by atoms with Gasteiger partial charge in [0.05, 0.1) is 25.5 Å². The van der Waals surface area contributed by atoms with Crippen LogP contribution in [0.3, 0.4) is 0 Å². The van der Waals surface area contributed by atoms with Crippen LogP contribution in [-0.4, -0.2) is 4.98 Å². The Kier molecular flexibility index (Phi) is 3.25. The summed E-state index contributed by atoms with van der Waals surface area (Å²) in [5.41, 5.74) is 6.36. The molecule has 4 nitrogen and oxygen atoms in total. The van der Waals surface area contributed by atoms with E-state index in [0.717, 1.165) is 11.1 Å². The summed E-state index contributed by atoms with van der Waals surface area (Å²) in [4.78, 5) is 3.75. The Hall–Kier alpha value is -1.82. The predicted molar refractivity (Wildman–Crippen MR) is 68.3 cm³/mol. The summed E-state index contributed by atoms with van der Waals surface area (Å²) in [7, 11) is 0. The zero-order chi connectivity index (χ0) is 13.2. The van der Waals surface area contributed by atoms with Crippen LogP contribution in [0.4, 0.5) is 4.39 Å². The molecule has 1 atom stereocenters. The van der Waals surface area contributed by atoms with Gasteiger partial charge in [-0.05, 0) is 22.8 Å². The molecule has 0 saturated heterocycles. The van der Waals surface area contributed by atoms with E-state index in [1.807, 2.05) is 18.2 Å². The zero-order valence-electron chi connectivity index (χ0n) is 10.3. The van der Waals surface area contributed by atoms with Crippen LogP contribution in [0.5, 0.6) is 0 Å². The first-order valence-electron chi connectivity index (χ1n) is 6.04. The maximum atomic E-state index is 13.8. The van der Waals surface area contributed by atoms with Crippen LogP contribution in [0.25, 0.3) is 0 Å². The predicted octanol–water partition coefficient (Wildman–Crippen LogP) is 1.80. The van der Waals surface area contributed by atoms with E-state index in [9.17, 15) is 4.39 Å². The number of halogens is 1. The molecule has 2 heterocycles. The van der Waals surface area contributed by atoms with Crippen molar-refractivity contribution in [2.75, 3.05) is 0 Å². The average Bonchev–Trinajstić information content (AvgIpc) is 2.89. The second-order valence-corrected chi connectivity index (χ2v) is 4.52. The van der Waals surface area contributed by atoms with Crippen molar-refractivity contribution in [2.45, 2.75) is 19.3 Å². The standard InChI is InChI=1S/C14H14FN3O/c15-13-6-17-4-3-12(13)14(18-16)9-1-2-10-7-19-8-11(10)5-9/h1-6,14,18H,7-8,16H2. The highest BCUT2D eigenvalue weighted by molar-refractivity contribution is 5.38. The van der Waals surface area contributed by atoms with E-state index < -0.39 is 6.04 Å². The van der Waals surface area contributed by atoms with E-state index >= 15 is 0 Å². The van der Waals surface area contributed by atoms with Gasteiger partial charge in [0.1, 0.15) is 5.82 Å². The van der Waals surface area contributed by atoms with Gasteiger partial charge in [-0.15, -0.1) is 0 Å². The number of hydrogen-bond acceptors (Lipinski definition) is 4. The van der Waals surface area contributed by atoms with E-state index in [0.29, 0.717) is 18.8 Å². The molecule has 0 fully saturated rings.